The van der Waals surface area contributed by atoms with E-state index in [1.54, 1.807) is 0 Å². The van der Waals surface area contributed by atoms with Crippen molar-refractivity contribution in [1.82, 2.24) is 4.57 Å². The van der Waals surface area contributed by atoms with Gasteiger partial charge >= 0.3 is 0 Å². The Morgan fingerprint density at radius 3 is 2.65 bits per heavy atom. The van der Waals surface area contributed by atoms with Gasteiger partial charge in [0.05, 0.1) is 5.69 Å². The van der Waals surface area contributed by atoms with E-state index in [9.17, 15) is 4.79 Å². The van der Waals surface area contributed by atoms with E-state index < -0.39 is 0 Å². The summed E-state index contributed by atoms with van der Waals surface area (Å²) in [6.07, 6.45) is 4.97. The molecule has 0 spiro atoms. The van der Waals surface area contributed by atoms with Crippen molar-refractivity contribution in [3.8, 4) is 0 Å². The predicted octanol–water partition coefficient (Wildman–Crippen LogP) is 3.49. The fraction of sp³-hybridized carbons (Fsp3) is 0.267. The first kappa shape index (κ1) is 11.6. The van der Waals surface area contributed by atoms with E-state index in [0.29, 0.717) is 6.04 Å². The molecule has 0 aliphatic heterocycles. The number of nitrogens with zero attached hydrogens (tertiary/aromatic N) is 1. The smallest absolute Gasteiger partial charge is 0.166 e. The van der Waals surface area contributed by atoms with Crippen molar-refractivity contribution in [2.24, 2.45) is 0 Å². The zero-order valence-electron chi connectivity index (χ0n) is 10.0. The third-order valence-corrected chi connectivity index (χ3v) is 3.10. The SMILES string of the molecule is CC(CCc1ccccc1)n1cccc1C=O. The molecule has 1 aromatic heterocycles. The average Bonchev–Trinajstić information content (AvgIpc) is 2.85. The van der Waals surface area contributed by atoms with E-state index in [1.165, 1.54) is 5.56 Å². The molecule has 1 aromatic carbocycles. The number of benzene rings is 1. The molecule has 0 fully saturated rings. The lowest BCUT2D eigenvalue weighted by molar-refractivity contribution is 0.111. The van der Waals surface area contributed by atoms with Gasteiger partial charge in [-0.25, -0.2) is 0 Å². The van der Waals surface area contributed by atoms with E-state index in [-0.39, 0.29) is 0 Å². The van der Waals surface area contributed by atoms with Crippen LogP contribution in [0, 0.1) is 0 Å². The summed E-state index contributed by atoms with van der Waals surface area (Å²) in [5.74, 6) is 0. The zero-order valence-corrected chi connectivity index (χ0v) is 10.0. The molecule has 0 N–H and O–H groups in total. The molecule has 0 aliphatic rings. The molecule has 0 aliphatic carbocycles. The molecule has 1 heterocycles. The van der Waals surface area contributed by atoms with Crippen molar-refractivity contribution in [2.45, 2.75) is 25.8 Å². The Labute approximate surface area is 102 Å². The Kier molecular flexibility index (Phi) is 3.76. The largest absolute Gasteiger partial charge is 0.343 e. The third kappa shape index (κ3) is 2.84. The highest BCUT2D eigenvalue weighted by molar-refractivity contribution is 5.72. The van der Waals surface area contributed by atoms with Crippen molar-refractivity contribution in [1.29, 1.82) is 0 Å². The van der Waals surface area contributed by atoms with E-state index >= 15 is 0 Å². The van der Waals surface area contributed by atoms with Crippen LogP contribution in [-0.4, -0.2) is 10.9 Å². The maximum absolute atomic E-state index is 10.8. The van der Waals surface area contributed by atoms with Gasteiger partial charge in [0.1, 0.15) is 0 Å². The molecule has 0 amide bonds. The van der Waals surface area contributed by atoms with Gasteiger partial charge in [-0.05, 0) is 37.5 Å². The fourth-order valence-electron chi connectivity index (χ4n) is 2.07. The number of hydrogen-bond acceptors (Lipinski definition) is 1. The Morgan fingerprint density at radius 2 is 1.94 bits per heavy atom. The molecule has 0 saturated carbocycles. The second-order valence-electron chi connectivity index (χ2n) is 4.33. The van der Waals surface area contributed by atoms with Crippen LogP contribution >= 0.6 is 0 Å². The number of carbonyl (C=O) groups is 1. The predicted molar refractivity (Wildman–Crippen MR) is 69.3 cm³/mol. The Morgan fingerprint density at radius 1 is 1.18 bits per heavy atom. The monoisotopic (exact) mass is 227 g/mol. The first-order valence-corrected chi connectivity index (χ1v) is 5.97. The molecular formula is C15H17NO. The van der Waals surface area contributed by atoms with Crippen LogP contribution in [0.15, 0.2) is 48.7 Å². The number of aromatic nitrogens is 1. The third-order valence-electron chi connectivity index (χ3n) is 3.10. The molecule has 2 aromatic rings. The van der Waals surface area contributed by atoms with Gasteiger partial charge in [-0.15, -0.1) is 0 Å². The van der Waals surface area contributed by atoms with Crippen LogP contribution in [0.4, 0.5) is 0 Å². The average molecular weight is 227 g/mol. The van der Waals surface area contributed by atoms with Crippen molar-refractivity contribution in [3.63, 3.8) is 0 Å². The number of aryl methyl sites for hydroxylation is 1. The number of rotatable bonds is 5. The second kappa shape index (κ2) is 5.48. The highest BCUT2D eigenvalue weighted by Crippen LogP contribution is 2.16. The molecule has 1 atom stereocenters. The maximum atomic E-state index is 10.8. The molecule has 0 saturated heterocycles. The summed E-state index contributed by atoms with van der Waals surface area (Å²) in [4.78, 5) is 10.8. The summed E-state index contributed by atoms with van der Waals surface area (Å²) in [6.45, 7) is 2.15. The molecule has 2 heteroatoms. The number of hydrogen-bond donors (Lipinski definition) is 0. The molecule has 88 valence electrons. The summed E-state index contributed by atoms with van der Waals surface area (Å²) in [5, 5.41) is 0. The summed E-state index contributed by atoms with van der Waals surface area (Å²) in [5.41, 5.74) is 2.10. The molecular weight excluding hydrogens is 210 g/mol. The first-order valence-electron chi connectivity index (χ1n) is 5.97. The molecule has 0 bridgehead atoms. The van der Waals surface area contributed by atoms with E-state index in [2.05, 4.69) is 31.2 Å². The van der Waals surface area contributed by atoms with Gasteiger partial charge in [-0.3, -0.25) is 4.79 Å². The molecule has 17 heavy (non-hydrogen) atoms. The topological polar surface area (TPSA) is 22.0 Å². The Balaban J connectivity index is 1.98. The summed E-state index contributed by atoms with van der Waals surface area (Å²) in [7, 11) is 0. The van der Waals surface area contributed by atoms with Gasteiger partial charge in [0, 0.05) is 12.2 Å². The Bertz CT molecular complexity index is 473. The van der Waals surface area contributed by atoms with E-state index in [0.717, 1.165) is 24.8 Å². The lowest BCUT2D eigenvalue weighted by atomic mass is 10.1. The van der Waals surface area contributed by atoms with Crippen LogP contribution in [0.2, 0.25) is 0 Å². The second-order valence-corrected chi connectivity index (χ2v) is 4.33. The van der Waals surface area contributed by atoms with Crippen molar-refractivity contribution in [2.75, 3.05) is 0 Å². The quantitative estimate of drug-likeness (QED) is 0.717. The van der Waals surface area contributed by atoms with Crippen LogP contribution in [0.3, 0.4) is 0 Å². The fourth-order valence-corrected chi connectivity index (χ4v) is 2.07. The number of carbonyl (C=O) groups excluding carboxylic acids is 1. The van der Waals surface area contributed by atoms with Gasteiger partial charge < -0.3 is 4.57 Å². The molecule has 2 rings (SSSR count). The minimum atomic E-state index is 0.352. The van der Waals surface area contributed by atoms with Crippen LogP contribution < -0.4 is 0 Å². The van der Waals surface area contributed by atoms with Crippen molar-refractivity contribution < 1.29 is 4.79 Å². The normalized spacial score (nSPS) is 12.3. The first-order chi connectivity index (χ1) is 8.31. The van der Waals surface area contributed by atoms with Crippen LogP contribution in [0.25, 0.3) is 0 Å². The Hall–Kier alpha value is -1.83. The standard InChI is InChI=1S/C15H17NO/c1-13(16-11-5-8-15(16)12-17)9-10-14-6-3-2-4-7-14/h2-8,11-13H,9-10H2,1H3. The lowest BCUT2D eigenvalue weighted by Crippen LogP contribution is -2.08. The lowest BCUT2D eigenvalue weighted by Gasteiger charge is -2.15. The van der Waals surface area contributed by atoms with Crippen molar-refractivity contribution in [3.05, 3.63) is 59.9 Å². The summed E-state index contributed by atoms with van der Waals surface area (Å²) >= 11 is 0. The minimum Gasteiger partial charge on any atom is -0.343 e. The maximum Gasteiger partial charge on any atom is 0.166 e. The van der Waals surface area contributed by atoms with Crippen molar-refractivity contribution >= 4 is 6.29 Å². The van der Waals surface area contributed by atoms with Crippen LogP contribution in [0.5, 0.6) is 0 Å². The number of aldehydes is 1. The summed E-state index contributed by atoms with van der Waals surface area (Å²) in [6, 6.07) is 14.6. The summed E-state index contributed by atoms with van der Waals surface area (Å²) < 4.78 is 2.04. The highest BCUT2D eigenvalue weighted by Gasteiger charge is 2.07. The molecule has 0 radical (unpaired) electrons. The van der Waals surface area contributed by atoms with Crippen LogP contribution in [0.1, 0.15) is 35.4 Å². The van der Waals surface area contributed by atoms with Gasteiger partial charge in [0.2, 0.25) is 0 Å². The highest BCUT2D eigenvalue weighted by atomic mass is 16.1. The van der Waals surface area contributed by atoms with Crippen LogP contribution in [-0.2, 0) is 6.42 Å². The zero-order chi connectivity index (χ0) is 12.1. The molecule has 1 unspecified atom stereocenters. The van der Waals surface area contributed by atoms with Gasteiger partial charge in [-0.1, -0.05) is 30.3 Å². The van der Waals surface area contributed by atoms with E-state index in [4.69, 9.17) is 0 Å². The van der Waals surface area contributed by atoms with Gasteiger partial charge in [0.15, 0.2) is 6.29 Å². The van der Waals surface area contributed by atoms with Gasteiger partial charge in [-0.2, -0.15) is 0 Å². The van der Waals surface area contributed by atoms with Gasteiger partial charge in [0.25, 0.3) is 0 Å². The minimum absolute atomic E-state index is 0.352. The molecule has 2 nitrogen and oxygen atoms in total. The van der Waals surface area contributed by atoms with E-state index in [1.807, 2.05) is 29.0 Å².